The monoisotopic (exact) mass is 206 g/mol. The van der Waals surface area contributed by atoms with E-state index in [1.807, 2.05) is 13.1 Å². The van der Waals surface area contributed by atoms with E-state index in [9.17, 15) is 4.79 Å². The van der Waals surface area contributed by atoms with Crippen LogP contribution >= 0.6 is 12.8 Å². The molecule has 0 amide bonds. The molecule has 2 aromatic heterocycles. The summed E-state index contributed by atoms with van der Waals surface area (Å²) in [5.41, 5.74) is 2.53. The molecule has 0 aliphatic carbocycles. The molecule has 72 valence electrons. The maximum Gasteiger partial charge on any atom is 0.150 e. The van der Waals surface area contributed by atoms with Gasteiger partial charge in [-0.25, -0.2) is 4.98 Å². The average Bonchev–Trinajstić information content (AvgIpc) is 2.56. The van der Waals surface area contributed by atoms with Gasteiger partial charge in [0.15, 0.2) is 11.9 Å². The highest BCUT2D eigenvalue weighted by Gasteiger charge is 2.10. The maximum absolute atomic E-state index is 10.8. The van der Waals surface area contributed by atoms with Crippen molar-refractivity contribution in [2.24, 2.45) is 0 Å². The van der Waals surface area contributed by atoms with Gasteiger partial charge in [-0.05, 0) is 18.1 Å². The van der Waals surface area contributed by atoms with E-state index in [-0.39, 0.29) is 0 Å². The zero-order chi connectivity index (χ0) is 10.1. The number of aryl methyl sites for hydroxylation is 1. The highest BCUT2D eigenvalue weighted by molar-refractivity contribution is 7.78. The summed E-state index contributed by atoms with van der Waals surface area (Å²) in [5.74, 6) is 0. The lowest BCUT2D eigenvalue weighted by atomic mass is 10.1. The topological polar surface area (TPSA) is 34.9 Å². The van der Waals surface area contributed by atoms with Crippen LogP contribution in [-0.4, -0.2) is 15.2 Å². The van der Waals surface area contributed by atoms with Crippen molar-refractivity contribution in [2.75, 3.05) is 0 Å². The molecule has 14 heavy (non-hydrogen) atoms. The van der Waals surface area contributed by atoms with Gasteiger partial charge in [-0.15, -0.1) is 0 Å². The van der Waals surface area contributed by atoms with Crippen LogP contribution in [0.1, 0.15) is 22.8 Å². The van der Waals surface area contributed by atoms with E-state index in [1.165, 1.54) is 0 Å². The Labute approximate surface area is 87.3 Å². The molecule has 2 heterocycles. The summed E-state index contributed by atoms with van der Waals surface area (Å²) in [6.45, 7) is 2.05. The largest absolute Gasteiger partial charge is 0.298 e. The van der Waals surface area contributed by atoms with Gasteiger partial charge >= 0.3 is 0 Å². The second kappa shape index (κ2) is 3.46. The molecular weight excluding hydrogens is 196 g/mol. The van der Waals surface area contributed by atoms with Crippen molar-refractivity contribution in [3.63, 3.8) is 0 Å². The molecule has 0 bridgehead atoms. The van der Waals surface area contributed by atoms with Crippen LogP contribution in [0.15, 0.2) is 18.5 Å². The lowest BCUT2D eigenvalue weighted by Gasteiger charge is -1.96. The number of hydrogen-bond acceptors (Lipinski definition) is 3. The Hall–Kier alpha value is -1.29. The highest BCUT2D eigenvalue weighted by Crippen LogP contribution is 2.23. The first-order valence-corrected chi connectivity index (χ1v) is 4.81. The summed E-state index contributed by atoms with van der Waals surface area (Å²) < 4.78 is 1.65. The highest BCUT2D eigenvalue weighted by atomic mass is 32.1. The summed E-state index contributed by atoms with van der Waals surface area (Å²) in [4.78, 5) is 15.0. The first-order chi connectivity index (χ1) is 6.77. The first-order valence-electron chi connectivity index (χ1n) is 4.41. The average molecular weight is 206 g/mol. The predicted molar refractivity (Wildman–Crippen MR) is 58.9 cm³/mol. The van der Waals surface area contributed by atoms with Crippen LogP contribution < -0.4 is 0 Å². The molecule has 0 spiro atoms. The van der Waals surface area contributed by atoms with Gasteiger partial charge < -0.3 is 0 Å². The maximum atomic E-state index is 10.8. The first kappa shape index (κ1) is 9.27. The van der Waals surface area contributed by atoms with E-state index in [2.05, 4.69) is 17.8 Å². The minimum Gasteiger partial charge on any atom is -0.298 e. The summed E-state index contributed by atoms with van der Waals surface area (Å²) in [5, 5.41) is 0.917. The van der Waals surface area contributed by atoms with E-state index in [0.717, 1.165) is 29.3 Å². The van der Waals surface area contributed by atoms with Crippen molar-refractivity contribution >= 4 is 30.1 Å². The van der Waals surface area contributed by atoms with Crippen LogP contribution in [0.25, 0.3) is 11.0 Å². The molecule has 3 nitrogen and oxygen atoms in total. The zero-order valence-electron chi connectivity index (χ0n) is 7.77. The van der Waals surface area contributed by atoms with E-state index >= 15 is 0 Å². The van der Waals surface area contributed by atoms with E-state index in [0.29, 0.717) is 5.56 Å². The van der Waals surface area contributed by atoms with Gasteiger partial charge in [0, 0.05) is 23.3 Å². The molecule has 0 aliphatic heterocycles. The molecule has 2 aromatic rings. The van der Waals surface area contributed by atoms with E-state index in [1.54, 1.807) is 16.2 Å². The minimum absolute atomic E-state index is 0.680. The number of carbonyl (C=O) groups excluding carboxylic acids is 1. The second-order valence-corrected chi connectivity index (χ2v) is 3.50. The third kappa shape index (κ3) is 1.23. The molecule has 0 radical (unpaired) electrons. The lowest BCUT2D eigenvalue weighted by molar-refractivity contribution is 0.112. The molecule has 0 atom stereocenters. The van der Waals surface area contributed by atoms with Crippen molar-refractivity contribution in [3.05, 3.63) is 29.6 Å². The number of thiol groups is 1. The van der Waals surface area contributed by atoms with Gasteiger partial charge in [-0.1, -0.05) is 19.7 Å². The van der Waals surface area contributed by atoms with Gasteiger partial charge in [0.1, 0.15) is 0 Å². The van der Waals surface area contributed by atoms with Gasteiger partial charge in [-0.3, -0.25) is 8.77 Å². The molecule has 0 aromatic carbocycles. The number of carbonyl (C=O) groups is 1. The normalized spacial score (nSPS) is 10.7. The number of hydrogen-bond donors (Lipinski definition) is 1. The van der Waals surface area contributed by atoms with Crippen molar-refractivity contribution in [2.45, 2.75) is 13.3 Å². The molecule has 0 unspecified atom stereocenters. The quantitative estimate of drug-likeness (QED) is 0.603. The molecule has 0 aliphatic rings. The van der Waals surface area contributed by atoms with Crippen molar-refractivity contribution in [1.82, 2.24) is 8.96 Å². The Kier molecular flexibility index (Phi) is 2.29. The Morgan fingerprint density at radius 3 is 3.07 bits per heavy atom. The van der Waals surface area contributed by atoms with Crippen LogP contribution in [0.2, 0.25) is 0 Å². The molecule has 0 saturated heterocycles. The number of aromatic nitrogens is 2. The molecular formula is C10H10N2OS. The number of rotatable bonds is 2. The standard InChI is InChI=1S/C10H10N2OS/c1-2-7-5-12(14)10-9(7)8(6-13)3-4-11-10/h3-6,14H,2H2,1H3. The Morgan fingerprint density at radius 1 is 1.64 bits per heavy atom. The SMILES string of the molecule is CCc1cn(S)c2nccc(C=O)c12. The summed E-state index contributed by atoms with van der Waals surface area (Å²) in [6, 6.07) is 1.72. The fourth-order valence-corrected chi connectivity index (χ4v) is 1.90. The molecule has 2 rings (SSSR count). The van der Waals surface area contributed by atoms with Crippen LogP contribution in [0.4, 0.5) is 0 Å². The fourth-order valence-electron chi connectivity index (χ4n) is 1.61. The molecule has 4 heteroatoms. The number of aldehydes is 1. The van der Waals surface area contributed by atoms with Crippen molar-refractivity contribution < 1.29 is 4.79 Å². The summed E-state index contributed by atoms with van der Waals surface area (Å²) in [6.07, 6.45) is 5.25. The van der Waals surface area contributed by atoms with E-state index in [4.69, 9.17) is 0 Å². The summed E-state index contributed by atoms with van der Waals surface area (Å²) >= 11 is 4.25. The Bertz CT molecular complexity index is 490. The summed E-state index contributed by atoms with van der Waals surface area (Å²) in [7, 11) is 0. The van der Waals surface area contributed by atoms with Gasteiger partial charge in [-0.2, -0.15) is 0 Å². The Morgan fingerprint density at radius 2 is 2.43 bits per heavy atom. The van der Waals surface area contributed by atoms with Crippen LogP contribution in [0.3, 0.4) is 0 Å². The van der Waals surface area contributed by atoms with Gasteiger partial charge in [0.05, 0.1) is 0 Å². The Balaban J connectivity index is 2.89. The van der Waals surface area contributed by atoms with Crippen LogP contribution in [-0.2, 0) is 6.42 Å². The van der Waals surface area contributed by atoms with Crippen LogP contribution in [0, 0.1) is 0 Å². The predicted octanol–water partition coefficient (Wildman–Crippen LogP) is 2.10. The molecule has 0 fully saturated rings. The van der Waals surface area contributed by atoms with Gasteiger partial charge in [0.2, 0.25) is 0 Å². The van der Waals surface area contributed by atoms with Crippen LogP contribution in [0.5, 0.6) is 0 Å². The second-order valence-electron chi connectivity index (χ2n) is 3.07. The van der Waals surface area contributed by atoms with E-state index < -0.39 is 0 Å². The zero-order valence-corrected chi connectivity index (χ0v) is 8.66. The number of fused-ring (bicyclic) bond motifs is 1. The smallest absolute Gasteiger partial charge is 0.150 e. The van der Waals surface area contributed by atoms with Crippen molar-refractivity contribution in [1.29, 1.82) is 0 Å². The minimum atomic E-state index is 0.680. The number of nitrogens with zero attached hydrogens (tertiary/aromatic N) is 2. The molecule has 0 saturated carbocycles. The van der Waals surface area contributed by atoms with Gasteiger partial charge in [0.25, 0.3) is 0 Å². The molecule has 0 N–H and O–H groups in total. The van der Waals surface area contributed by atoms with Crippen molar-refractivity contribution in [3.8, 4) is 0 Å². The number of pyridine rings is 1. The third-order valence-electron chi connectivity index (χ3n) is 2.29. The fraction of sp³-hybridized carbons (Fsp3) is 0.200. The third-order valence-corrected chi connectivity index (χ3v) is 2.59. The lowest BCUT2D eigenvalue weighted by Crippen LogP contribution is -1.87.